The summed E-state index contributed by atoms with van der Waals surface area (Å²) in [6.07, 6.45) is 4.46. The van der Waals surface area contributed by atoms with Gasteiger partial charge in [-0.05, 0) is 50.7 Å². The first-order valence-electron chi connectivity index (χ1n) is 11.3. The molecule has 0 aliphatic carbocycles. The minimum atomic E-state index is -0.955. The number of unbranched alkanes of at least 4 members (excludes halogenated alkanes) is 2. The van der Waals surface area contributed by atoms with Gasteiger partial charge in [0.1, 0.15) is 5.78 Å². The Morgan fingerprint density at radius 3 is 1.27 bits per heavy atom. The summed E-state index contributed by atoms with van der Waals surface area (Å²) in [4.78, 5) is 36.0. The van der Waals surface area contributed by atoms with E-state index in [-0.39, 0.29) is 13.2 Å². The second-order valence-electron chi connectivity index (χ2n) is 8.96. The van der Waals surface area contributed by atoms with Gasteiger partial charge in [0.25, 0.3) is 0 Å². The lowest BCUT2D eigenvalue weighted by atomic mass is 9.78. The molecule has 2 N–H and O–H groups in total. The van der Waals surface area contributed by atoms with Gasteiger partial charge in [-0.15, -0.1) is 0 Å². The Balaban J connectivity index is 0.00000544. The third-order valence-corrected chi connectivity index (χ3v) is 6.53. The second-order valence-corrected chi connectivity index (χ2v) is 8.96. The Bertz CT molecular complexity index is 820. The predicted molar refractivity (Wildman–Crippen MR) is 132 cm³/mol. The SMILES string of the molecule is C.CC(CCCCC(=O)CCCCC(C)(C(=O)O)c1ccccc1)(C(=O)O)c1ccccc1. The second kappa shape index (κ2) is 12.9. The molecule has 0 radical (unpaired) electrons. The van der Waals surface area contributed by atoms with Gasteiger partial charge in [-0.3, -0.25) is 14.4 Å². The van der Waals surface area contributed by atoms with E-state index in [9.17, 15) is 24.6 Å². The molecule has 2 atom stereocenters. The summed E-state index contributed by atoms with van der Waals surface area (Å²) in [5.41, 5.74) is -0.357. The molecule has 2 aromatic carbocycles. The van der Waals surface area contributed by atoms with Gasteiger partial charge in [-0.1, -0.05) is 80.9 Å². The van der Waals surface area contributed by atoms with Crippen LogP contribution in [0.1, 0.15) is 83.8 Å². The van der Waals surface area contributed by atoms with Gasteiger partial charge in [-0.25, -0.2) is 0 Å². The van der Waals surface area contributed by atoms with E-state index < -0.39 is 22.8 Å². The van der Waals surface area contributed by atoms with Gasteiger partial charge < -0.3 is 10.2 Å². The molecular formula is C28H38O5. The summed E-state index contributed by atoms with van der Waals surface area (Å²) in [6.45, 7) is 3.47. The van der Waals surface area contributed by atoms with Crippen LogP contribution in [0.2, 0.25) is 0 Å². The number of carboxylic acid groups (broad SMARTS) is 2. The van der Waals surface area contributed by atoms with Crippen molar-refractivity contribution >= 4 is 17.7 Å². The van der Waals surface area contributed by atoms with Crippen LogP contribution in [0.15, 0.2) is 60.7 Å². The van der Waals surface area contributed by atoms with Crippen molar-refractivity contribution < 1.29 is 24.6 Å². The quantitative estimate of drug-likeness (QED) is 0.322. The average molecular weight is 455 g/mol. The first-order chi connectivity index (χ1) is 15.2. The number of carbonyl (C=O) groups excluding carboxylic acids is 1. The molecule has 0 amide bonds. The fourth-order valence-corrected chi connectivity index (χ4v) is 4.09. The van der Waals surface area contributed by atoms with Crippen molar-refractivity contribution in [3.63, 3.8) is 0 Å². The Labute approximate surface area is 197 Å². The summed E-state index contributed by atoms with van der Waals surface area (Å²) >= 11 is 0. The highest BCUT2D eigenvalue weighted by Gasteiger charge is 2.35. The number of hydrogen-bond acceptors (Lipinski definition) is 3. The summed E-state index contributed by atoms with van der Waals surface area (Å²) in [5, 5.41) is 19.4. The average Bonchev–Trinajstić information content (AvgIpc) is 2.80. The molecule has 33 heavy (non-hydrogen) atoms. The highest BCUT2D eigenvalue weighted by molar-refractivity contribution is 5.81. The van der Waals surface area contributed by atoms with Crippen LogP contribution in [0.5, 0.6) is 0 Å². The van der Waals surface area contributed by atoms with Crippen molar-refractivity contribution in [1.82, 2.24) is 0 Å². The zero-order valence-electron chi connectivity index (χ0n) is 19.0. The van der Waals surface area contributed by atoms with Gasteiger partial charge in [0.05, 0.1) is 10.8 Å². The molecule has 0 aliphatic rings. The zero-order valence-corrected chi connectivity index (χ0v) is 19.0. The Morgan fingerprint density at radius 2 is 0.970 bits per heavy atom. The first kappa shape index (κ1) is 28.1. The van der Waals surface area contributed by atoms with E-state index in [0.717, 1.165) is 11.1 Å². The van der Waals surface area contributed by atoms with E-state index in [1.165, 1.54) is 0 Å². The Hall–Kier alpha value is -2.95. The summed E-state index contributed by atoms with van der Waals surface area (Å²) in [7, 11) is 0. The Kier molecular flexibility index (Phi) is 11.0. The normalized spacial score (nSPS) is 14.4. The third-order valence-electron chi connectivity index (χ3n) is 6.53. The number of ketones is 1. The third kappa shape index (κ3) is 7.55. The molecule has 0 saturated heterocycles. The molecule has 2 rings (SSSR count). The predicted octanol–water partition coefficient (Wildman–Crippen LogP) is 6.40. The van der Waals surface area contributed by atoms with Crippen LogP contribution in [0.4, 0.5) is 0 Å². The first-order valence-corrected chi connectivity index (χ1v) is 11.3. The van der Waals surface area contributed by atoms with Crippen LogP contribution >= 0.6 is 0 Å². The number of rotatable bonds is 14. The van der Waals surface area contributed by atoms with Gasteiger partial charge >= 0.3 is 11.9 Å². The standard InChI is InChI=1S/C27H34O5.CH4/c1-26(24(29)30,21-13-5-3-6-14-21)19-11-9-17-23(28)18-10-12-20-27(2,25(31)32)22-15-7-4-8-16-22;/h3-8,13-16H,9-12,17-20H2,1-2H3,(H,29,30)(H,31,32);1H4. The maximum atomic E-state index is 12.3. The highest BCUT2D eigenvalue weighted by atomic mass is 16.4. The van der Waals surface area contributed by atoms with E-state index in [2.05, 4.69) is 0 Å². The van der Waals surface area contributed by atoms with Crippen molar-refractivity contribution in [1.29, 1.82) is 0 Å². The molecule has 0 fully saturated rings. The lowest BCUT2D eigenvalue weighted by Crippen LogP contribution is -2.32. The van der Waals surface area contributed by atoms with Gasteiger partial charge in [0.2, 0.25) is 0 Å². The summed E-state index contributed by atoms with van der Waals surface area (Å²) in [6, 6.07) is 18.4. The molecule has 5 heteroatoms. The number of aliphatic carboxylic acids is 2. The van der Waals surface area contributed by atoms with Crippen LogP contribution in [0.25, 0.3) is 0 Å². The van der Waals surface area contributed by atoms with Gasteiger partial charge in [0, 0.05) is 12.8 Å². The number of benzene rings is 2. The van der Waals surface area contributed by atoms with Crippen LogP contribution in [0.3, 0.4) is 0 Å². The van der Waals surface area contributed by atoms with Crippen molar-refractivity contribution in [2.75, 3.05) is 0 Å². The molecule has 180 valence electrons. The molecule has 0 aromatic heterocycles. The van der Waals surface area contributed by atoms with E-state index in [1.54, 1.807) is 13.8 Å². The minimum Gasteiger partial charge on any atom is -0.481 e. The molecule has 0 aliphatic heterocycles. The zero-order chi connectivity index (χ0) is 23.6. The van der Waals surface area contributed by atoms with E-state index in [4.69, 9.17) is 0 Å². The summed E-state index contributed by atoms with van der Waals surface area (Å²) in [5.74, 6) is -1.55. The topological polar surface area (TPSA) is 91.7 Å². The number of hydrogen-bond donors (Lipinski definition) is 2. The lowest BCUT2D eigenvalue weighted by molar-refractivity contribution is -0.144. The fraction of sp³-hybridized carbons (Fsp3) is 0.464. The van der Waals surface area contributed by atoms with Gasteiger partial charge in [-0.2, -0.15) is 0 Å². The molecule has 0 heterocycles. The molecule has 0 saturated carbocycles. The van der Waals surface area contributed by atoms with Crippen LogP contribution in [-0.4, -0.2) is 27.9 Å². The van der Waals surface area contributed by atoms with Crippen LogP contribution in [-0.2, 0) is 25.2 Å². The van der Waals surface area contributed by atoms with E-state index in [1.807, 2.05) is 60.7 Å². The monoisotopic (exact) mass is 454 g/mol. The number of carboxylic acids is 2. The molecular weight excluding hydrogens is 416 g/mol. The van der Waals surface area contributed by atoms with Crippen molar-refractivity contribution in [3.05, 3.63) is 71.8 Å². The maximum Gasteiger partial charge on any atom is 0.313 e. The highest BCUT2D eigenvalue weighted by Crippen LogP contribution is 2.31. The molecule has 2 aromatic rings. The molecule has 5 nitrogen and oxygen atoms in total. The molecule has 0 spiro atoms. The summed E-state index contributed by atoms with van der Waals surface area (Å²) < 4.78 is 0. The van der Waals surface area contributed by atoms with E-state index in [0.29, 0.717) is 51.4 Å². The maximum absolute atomic E-state index is 12.3. The number of Topliss-reactive ketones (excluding diaryl/α,β-unsaturated/α-hetero) is 1. The van der Waals surface area contributed by atoms with Crippen LogP contribution < -0.4 is 0 Å². The minimum absolute atomic E-state index is 0. The van der Waals surface area contributed by atoms with Crippen molar-refractivity contribution in [2.24, 2.45) is 0 Å². The van der Waals surface area contributed by atoms with E-state index >= 15 is 0 Å². The van der Waals surface area contributed by atoms with Crippen LogP contribution in [0, 0.1) is 0 Å². The fourth-order valence-electron chi connectivity index (χ4n) is 4.09. The van der Waals surface area contributed by atoms with Crippen molar-refractivity contribution in [2.45, 2.75) is 83.5 Å². The largest absolute Gasteiger partial charge is 0.481 e. The van der Waals surface area contributed by atoms with Gasteiger partial charge in [0.15, 0.2) is 0 Å². The number of carbonyl (C=O) groups is 3. The molecule has 0 bridgehead atoms. The molecule has 2 unspecified atom stereocenters. The van der Waals surface area contributed by atoms with Crippen molar-refractivity contribution in [3.8, 4) is 0 Å². The smallest absolute Gasteiger partial charge is 0.313 e. The lowest BCUT2D eigenvalue weighted by Gasteiger charge is -2.25. The Morgan fingerprint density at radius 1 is 0.636 bits per heavy atom.